The molecule has 6 nitrogen and oxygen atoms in total. The molecule has 0 spiro atoms. The third-order valence-electron chi connectivity index (χ3n) is 3.94. The summed E-state index contributed by atoms with van der Waals surface area (Å²) in [6.45, 7) is 0. The van der Waals surface area contributed by atoms with Crippen molar-refractivity contribution in [2.75, 3.05) is 5.32 Å². The van der Waals surface area contributed by atoms with E-state index in [0.29, 0.717) is 16.1 Å². The third-order valence-corrected chi connectivity index (χ3v) is 5.15. The Morgan fingerprint density at radius 2 is 2.08 bits per heavy atom. The van der Waals surface area contributed by atoms with Crippen LogP contribution in [-0.2, 0) is 22.4 Å². The first-order chi connectivity index (χ1) is 12.6. The Kier molecular flexibility index (Phi) is 5.39. The number of carbonyl (C=O) groups excluding carboxylic acids is 2. The van der Waals surface area contributed by atoms with E-state index in [9.17, 15) is 19.2 Å². The fourth-order valence-corrected chi connectivity index (χ4v) is 3.97. The molecule has 2 aromatic rings. The van der Waals surface area contributed by atoms with Crippen LogP contribution >= 0.6 is 11.3 Å². The number of amides is 2. The van der Waals surface area contributed by atoms with Gasteiger partial charge in [-0.05, 0) is 48.9 Å². The molecule has 0 aliphatic heterocycles. The largest absolute Gasteiger partial charge is 0.329 e. The van der Waals surface area contributed by atoms with E-state index < -0.39 is 17.6 Å². The summed E-state index contributed by atoms with van der Waals surface area (Å²) < 4.78 is 13.1. The highest BCUT2D eigenvalue weighted by molar-refractivity contribution is 7.16. The summed E-state index contributed by atoms with van der Waals surface area (Å²) in [7, 11) is 0. The van der Waals surface area contributed by atoms with Crippen LogP contribution in [0.25, 0.3) is 0 Å². The minimum Gasteiger partial charge on any atom is -0.308 e. The second-order valence-corrected chi connectivity index (χ2v) is 6.84. The van der Waals surface area contributed by atoms with Gasteiger partial charge in [-0.2, -0.15) is 10.4 Å². The van der Waals surface area contributed by atoms with E-state index in [4.69, 9.17) is 0 Å². The lowest BCUT2D eigenvalue weighted by atomic mass is 9.96. The molecular formula is C18H15FN4O2S. The van der Waals surface area contributed by atoms with E-state index >= 15 is 0 Å². The number of nitrogens with one attached hydrogen (secondary N) is 2. The summed E-state index contributed by atoms with van der Waals surface area (Å²) in [5.41, 5.74) is 3.95. The molecule has 1 aliphatic rings. The highest BCUT2D eigenvalue weighted by atomic mass is 32.1. The van der Waals surface area contributed by atoms with Gasteiger partial charge in [-0.25, -0.2) is 9.82 Å². The van der Waals surface area contributed by atoms with E-state index in [1.807, 2.05) is 0 Å². The molecule has 0 bridgehead atoms. The molecule has 3 rings (SSSR count). The number of halogens is 1. The third kappa shape index (κ3) is 3.95. The molecule has 26 heavy (non-hydrogen) atoms. The van der Waals surface area contributed by atoms with Gasteiger partial charge >= 0.3 is 11.8 Å². The lowest BCUT2D eigenvalue weighted by Gasteiger charge is -2.09. The lowest BCUT2D eigenvalue weighted by molar-refractivity contribution is -0.136. The van der Waals surface area contributed by atoms with Gasteiger partial charge in [-0.1, -0.05) is 12.1 Å². The van der Waals surface area contributed by atoms with E-state index in [1.54, 1.807) is 6.07 Å². The predicted octanol–water partition coefficient (Wildman–Crippen LogP) is 2.73. The van der Waals surface area contributed by atoms with Crippen molar-refractivity contribution in [3.8, 4) is 6.07 Å². The summed E-state index contributed by atoms with van der Waals surface area (Å²) >= 11 is 1.34. The number of nitriles is 1. The first kappa shape index (κ1) is 17.8. The first-order valence-corrected chi connectivity index (χ1v) is 8.84. The maximum Gasteiger partial charge on any atom is 0.329 e. The van der Waals surface area contributed by atoms with Gasteiger partial charge in [-0.15, -0.1) is 11.3 Å². The summed E-state index contributed by atoms with van der Waals surface area (Å²) in [4.78, 5) is 25.0. The van der Waals surface area contributed by atoms with Crippen molar-refractivity contribution in [1.29, 1.82) is 5.26 Å². The van der Waals surface area contributed by atoms with Crippen molar-refractivity contribution in [3.05, 3.63) is 51.7 Å². The van der Waals surface area contributed by atoms with Gasteiger partial charge in [0.25, 0.3) is 0 Å². The lowest BCUT2D eigenvalue weighted by Crippen LogP contribution is -2.32. The SMILES string of the molecule is N#Cc1c(NC(=O)C(=O)N/N=C/c2cccc(F)c2)sc2c1CCCC2. The average molecular weight is 370 g/mol. The molecule has 0 atom stereocenters. The number of benzene rings is 1. The van der Waals surface area contributed by atoms with Crippen LogP contribution < -0.4 is 10.7 Å². The Labute approximate surface area is 153 Å². The molecule has 0 fully saturated rings. The maximum absolute atomic E-state index is 13.1. The zero-order valence-electron chi connectivity index (χ0n) is 13.7. The number of rotatable bonds is 3. The zero-order valence-corrected chi connectivity index (χ0v) is 14.5. The number of hydrogen-bond acceptors (Lipinski definition) is 5. The van der Waals surface area contributed by atoms with Crippen molar-refractivity contribution < 1.29 is 14.0 Å². The molecule has 1 aromatic carbocycles. The molecule has 132 valence electrons. The summed E-state index contributed by atoms with van der Waals surface area (Å²) in [6.07, 6.45) is 5.00. The Bertz CT molecular complexity index is 930. The molecule has 1 heterocycles. The van der Waals surface area contributed by atoms with Gasteiger partial charge in [-0.3, -0.25) is 9.59 Å². The Balaban J connectivity index is 1.64. The van der Waals surface area contributed by atoms with Gasteiger partial charge in [0.05, 0.1) is 11.8 Å². The topological polar surface area (TPSA) is 94.4 Å². The van der Waals surface area contributed by atoms with Gasteiger partial charge < -0.3 is 5.32 Å². The Morgan fingerprint density at radius 3 is 2.85 bits per heavy atom. The molecule has 0 radical (unpaired) electrons. The highest BCUT2D eigenvalue weighted by Gasteiger charge is 2.23. The van der Waals surface area contributed by atoms with Crippen molar-refractivity contribution in [3.63, 3.8) is 0 Å². The fourth-order valence-electron chi connectivity index (χ4n) is 2.74. The normalized spacial score (nSPS) is 13.1. The molecule has 0 saturated carbocycles. The number of aryl methyl sites for hydroxylation is 1. The van der Waals surface area contributed by atoms with Gasteiger partial charge in [0, 0.05) is 4.88 Å². The number of nitrogens with zero attached hydrogens (tertiary/aromatic N) is 2. The van der Waals surface area contributed by atoms with Crippen molar-refractivity contribution in [2.45, 2.75) is 25.7 Å². The maximum atomic E-state index is 13.1. The second kappa shape index (κ2) is 7.89. The van der Waals surface area contributed by atoms with E-state index in [0.717, 1.165) is 36.1 Å². The van der Waals surface area contributed by atoms with Crippen LogP contribution in [0.3, 0.4) is 0 Å². The molecule has 0 unspecified atom stereocenters. The van der Waals surface area contributed by atoms with Crippen LogP contribution in [0.4, 0.5) is 9.39 Å². The highest BCUT2D eigenvalue weighted by Crippen LogP contribution is 2.37. The van der Waals surface area contributed by atoms with Crippen molar-refractivity contribution >= 4 is 34.4 Å². The molecule has 1 aromatic heterocycles. The summed E-state index contributed by atoms with van der Waals surface area (Å²) in [5.74, 6) is -2.30. The van der Waals surface area contributed by atoms with E-state index in [2.05, 4.69) is 21.9 Å². The zero-order chi connectivity index (χ0) is 18.5. The van der Waals surface area contributed by atoms with E-state index in [1.165, 1.54) is 35.8 Å². The number of hydrazone groups is 1. The monoisotopic (exact) mass is 370 g/mol. The number of anilines is 1. The smallest absolute Gasteiger partial charge is 0.308 e. The fraction of sp³-hybridized carbons (Fsp3) is 0.222. The number of hydrogen-bond donors (Lipinski definition) is 2. The standard InChI is InChI=1S/C18H15FN4O2S/c19-12-5-3-4-11(8-12)10-21-23-17(25)16(24)22-18-14(9-20)13-6-1-2-7-15(13)26-18/h3-5,8,10H,1-2,6-7H2,(H,22,24)(H,23,25)/b21-10+. The predicted molar refractivity (Wildman–Crippen MR) is 96.4 cm³/mol. The number of carbonyl (C=O) groups is 2. The van der Waals surface area contributed by atoms with Crippen molar-refractivity contribution in [1.82, 2.24) is 5.43 Å². The van der Waals surface area contributed by atoms with Crippen molar-refractivity contribution in [2.24, 2.45) is 5.10 Å². The number of fused-ring (bicyclic) bond motifs is 1. The Morgan fingerprint density at radius 1 is 1.27 bits per heavy atom. The minimum absolute atomic E-state index is 0.397. The molecule has 8 heteroatoms. The van der Waals surface area contributed by atoms with Crippen LogP contribution in [0.5, 0.6) is 0 Å². The summed E-state index contributed by atoms with van der Waals surface area (Å²) in [5, 5.41) is 15.9. The van der Waals surface area contributed by atoms with Gasteiger partial charge in [0.2, 0.25) is 0 Å². The van der Waals surface area contributed by atoms with Crippen LogP contribution in [-0.4, -0.2) is 18.0 Å². The summed E-state index contributed by atoms with van der Waals surface area (Å²) in [6, 6.07) is 7.76. The van der Waals surface area contributed by atoms with E-state index in [-0.39, 0.29) is 0 Å². The molecule has 2 N–H and O–H groups in total. The molecule has 2 amide bonds. The minimum atomic E-state index is -0.965. The average Bonchev–Trinajstić information content (AvgIpc) is 2.98. The second-order valence-electron chi connectivity index (χ2n) is 5.74. The van der Waals surface area contributed by atoms with Crippen LogP contribution in [0.1, 0.15) is 34.4 Å². The van der Waals surface area contributed by atoms with Crippen LogP contribution in [0, 0.1) is 17.1 Å². The van der Waals surface area contributed by atoms with Gasteiger partial charge in [0.15, 0.2) is 0 Å². The quantitative estimate of drug-likeness (QED) is 0.494. The molecular weight excluding hydrogens is 355 g/mol. The molecule has 0 saturated heterocycles. The van der Waals surface area contributed by atoms with Crippen LogP contribution in [0.15, 0.2) is 29.4 Å². The van der Waals surface area contributed by atoms with Crippen LogP contribution in [0.2, 0.25) is 0 Å². The first-order valence-electron chi connectivity index (χ1n) is 8.03. The number of thiophene rings is 1. The molecule has 1 aliphatic carbocycles. The van der Waals surface area contributed by atoms with Gasteiger partial charge in [0.1, 0.15) is 16.9 Å². The Hall–Kier alpha value is -3.05.